The number of hydrogen-bond donors (Lipinski definition) is 0. The summed E-state index contributed by atoms with van der Waals surface area (Å²) in [6.45, 7) is 15.4. The molecular formula is C13H22. The van der Waals surface area contributed by atoms with Crippen molar-refractivity contribution in [1.82, 2.24) is 0 Å². The van der Waals surface area contributed by atoms with E-state index in [-0.39, 0.29) is 0 Å². The summed E-state index contributed by atoms with van der Waals surface area (Å²) in [4.78, 5) is 0. The molecule has 0 aliphatic rings. The zero-order chi connectivity index (χ0) is 10.7. The average molecular weight is 178 g/mol. The normalized spacial score (nSPS) is 11.4. The molecule has 0 aliphatic heterocycles. The molecule has 13 heavy (non-hydrogen) atoms. The molecule has 74 valence electrons. The molecule has 0 aromatic carbocycles. The van der Waals surface area contributed by atoms with Crippen LogP contribution in [0.4, 0.5) is 0 Å². The molecule has 0 heteroatoms. The molecule has 0 aromatic rings. The predicted octanol–water partition coefficient (Wildman–Crippen LogP) is 4.67. The Hall–Kier alpha value is -1.04. The Kier molecular flexibility index (Phi) is 12.2. The molecule has 0 saturated heterocycles. The Morgan fingerprint density at radius 3 is 1.62 bits per heavy atom. The van der Waals surface area contributed by atoms with E-state index >= 15 is 0 Å². The minimum Gasteiger partial charge on any atom is -0.0988 e. The summed E-state index contributed by atoms with van der Waals surface area (Å²) >= 11 is 0. The first-order chi connectivity index (χ1) is 6.15. The third-order valence-corrected chi connectivity index (χ3v) is 1.82. The van der Waals surface area contributed by atoms with Gasteiger partial charge in [0.05, 0.1) is 0 Å². The lowest BCUT2D eigenvalue weighted by molar-refractivity contribution is 1.14. The fourth-order valence-corrected chi connectivity index (χ4v) is 0.584. The van der Waals surface area contributed by atoms with E-state index in [9.17, 15) is 0 Å². The van der Waals surface area contributed by atoms with Gasteiger partial charge >= 0.3 is 0 Å². The van der Waals surface area contributed by atoms with Gasteiger partial charge in [0.1, 0.15) is 0 Å². The lowest BCUT2D eigenvalue weighted by Crippen LogP contribution is -1.67. The minimum atomic E-state index is 1.10. The Morgan fingerprint density at radius 1 is 1.08 bits per heavy atom. The third kappa shape index (κ3) is 11.0. The fraction of sp³-hybridized carbons (Fsp3) is 0.385. The maximum Gasteiger partial charge on any atom is -0.0311 e. The second-order valence-electron chi connectivity index (χ2n) is 2.66. The molecular weight excluding hydrogens is 156 g/mol. The Labute approximate surface area is 83.4 Å². The summed E-state index contributed by atoms with van der Waals surface area (Å²) in [6.07, 6.45) is 8.92. The van der Waals surface area contributed by atoms with E-state index in [1.807, 2.05) is 39.0 Å². The Bertz CT molecular complexity index is 192. The van der Waals surface area contributed by atoms with Crippen LogP contribution in [-0.2, 0) is 0 Å². The molecule has 0 atom stereocenters. The van der Waals surface area contributed by atoms with Crippen molar-refractivity contribution in [2.75, 3.05) is 0 Å². The number of rotatable bonds is 3. The highest BCUT2D eigenvalue weighted by Crippen LogP contribution is 1.98. The van der Waals surface area contributed by atoms with Gasteiger partial charge in [-0.2, -0.15) is 0 Å². The monoisotopic (exact) mass is 178 g/mol. The predicted molar refractivity (Wildman–Crippen MR) is 63.9 cm³/mol. The maximum atomic E-state index is 3.63. The second kappa shape index (κ2) is 11.0. The van der Waals surface area contributed by atoms with Gasteiger partial charge < -0.3 is 0 Å². The molecule has 0 rings (SSSR count). The molecule has 0 unspecified atom stereocenters. The van der Waals surface area contributed by atoms with Crippen LogP contribution < -0.4 is 0 Å². The summed E-state index contributed by atoms with van der Waals surface area (Å²) in [6, 6.07) is 0. The molecule has 0 aliphatic carbocycles. The van der Waals surface area contributed by atoms with Gasteiger partial charge in [0, 0.05) is 0 Å². The van der Waals surface area contributed by atoms with E-state index in [2.05, 4.69) is 26.2 Å². The maximum absolute atomic E-state index is 3.63. The summed E-state index contributed by atoms with van der Waals surface area (Å²) in [7, 11) is 0. The summed E-state index contributed by atoms with van der Waals surface area (Å²) in [5.41, 5.74) is 2.55. The smallest absolute Gasteiger partial charge is 0.0311 e. The van der Waals surface area contributed by atoms with Crippen molar-refractivity contribution in [2.24, 2.45) is 0 Å². The quantitative estimate of drug-likeness (QED) is 0.551. The second-order valence-corrected chi connectivity index (χ2v) is 2.66. The Balaban J connectivity index is 0. The van der Waals surface area contributed by atoms with Crippen molar-refractivity contribution in [3.8, 4) is 0 Å². The topological polar surface area (TPSA) is 0 Å². The molecule has 0 radical (unpaired) electrons. The highest BCUT2D eigenvalue weighted by atomic mass is 13.8. The van der Waals surface area contributed by atoms with Crippen LogP contribution in [0.2, 0.25) is 0 Å². The van der Waals surface area contributed by atoms with Crippen molar-refractivity contribution in [3.05, 3.63) is 48.6 Å². The van der Waals surface area contributed by atoms with Crippen molar-refractivity contribution >= 4 is 0 Å². The van der Waals surface area contributed by atoms with Gasteiger partial charge in [-0.25, -0.2) is 0 Å². The molecule has 0 nitrogen and oxygen atoms in total. The standard InChI is InChI=1S/C7H12.C6H10/c1-4-7(5-2)6-3;1-4-6(3)5-2/h4-5H,1,6H2,2-3H3;4-5H,1H2,2-3H3/b7-5-;. The minimum absolute atomic E-state index is 1.10. The molecule has 0 saturated carbocycles. The van der Waals surface area contributed by atoms with Gasteiger partial charge in [0.15, 0.2) is 0 Å². The molecule has 0 heterocycles. The molecule has 0 spiro atoms. The zero-order valence-electron chi connectivity index (χ0n) is 9.43. The molecule has 0 aromatic heterocycles. The molecule has 0 bridgehead atoms. The van der Waals surface area contributed by atoms with Crippen molar-refractivity contribution < 1.29 is 0 Å². The van der Waals surface area contributed by atoms with Crippen LogP contribution in [0.5, 0.6) is 0 Å². The van der Waals surface area contributed by atoms with Crippen molar-refractivity contribution in [2.45, 2.75) is 34.1 Å². The van der Waals surface area contributed by atoms with Crippen LogP contribution >= 0.6 is 0 Å². The van der Waals surface area contributed by atoms with E-state index in [0.717, 1.165) is 6.42 Å². The highest BCUT2D eigenvalue weighted by molar-refractivity contribution is 5.13. The van der Waals surface area contributed by atoms with Crippen LogP contribution in [0.15, 0.2) is 48.6 Å². The van der Waals surface area contributed by atoms with E-state index in [4.69, 9.17) is 0 Å². The fourth-order valence-electron chi connectivity index (χ4n) is 0.584. The zero-order valence-corrected chi connectivity index (χ0v) is 9.43. The van der Waals surface area contributed by atoms with Crippen LogP contribution in [-0.4, -0.2) is 0 Å². The summed E-state index contributed by atoms with van der Waals surface area (Å²) in [5, 5.41) is 0. The number of allylic oxidation sites excluding steroid dienone is 6. The summed E-state index contributed by atoms with van der Waals surface area (Å²) < 4.78 is 0. The van der Waals surface area contributed by atoms with E-state index < -0.39 is 0 Å². The van der Waals surface area contributed by atoms with Crippen molar-refractivity contribution in [3.63, 3.8) is 0 Å². The van der Waals surface area contributed by atoms with Crippen LogP contribution in [0, 0.1) is 0 Å². The van der Waals surface area contributed by atoms with Gasteiger partial charge in [-0.15, -0.1) is 0 Å². The van der Waals surface area contributed by atoms with Gasteiger partial charge in [-0.3, -0.25) is 0 Å². The van der Waals surface area contributed by atoms with Crippen LogP contribution in [0.3, 0.4) is 0 Å². The lowest BCUT2D eigenvalue weighted by atomic mass is 10.2. The highest BCUT2D eigenvalue weighted by Gasteiger charge is 1.77. The molecule has 0 N–H and O–H groups in total. The first-order valence-electron chi connectivity index (χ1n) is 4.69. The first kappa shape index (κ1) is 14.5. The van der Waals surface area contributed by atoms with Crippen LogP contribution in [0.25, 0.3) is 0 Å². The average Bonchev–Trinajstić information content (AvgIpc) is 2.20. The van der Waals surface area contributed by atoms with Gasteiger partial charge in [0.2, 0.25) is 0 Å². The van der Waals surface area contributed by atoms with E-state index in [0.29, 0.717) is 0 Å². The third-order valence-electron chi connectivity index (χ3n) is 1.82. The lowest BCUT2D eigenvalue weighted by Gasteiger charge is -1.88. The van der Waals surface area contributed by atoms with E-state index in [1.165, 1.54) is 11.1 Å². The van der Waals surface area contributed by atoms with Gasteiger partial charge in [-0.05, 0) is 27.2 Å². The Morgan fingerprint density at radius 2 is 1.62 bits per heavy atom. The SMILES string of the molecule is C=C/C(=C/C)CC.C=CC(C)=CC. The van der Waals surface area contributed by atoms with Gasteiger partial charge in [-0.1, -0.05) is 55.5 Å². The van der Waals surface area contributed by atoms with Crippen molar-refractivity contribution in [1.29, 1.82) is 0 Å². The first-order valence-corrected chi connectivity index (χ1v) is 4.69. The molecule has 0 fully saturated rings. The number of hydrogen-bond acceptors (Lipinski definition) is 0. The molecule has 0 amide bonds. The van der Waals surface area contributed by atoms with Gasteiger partial charge in [0.25, 0.3) is 0 Å². The van der Waals surface area contributed by atoms with E-state index in [1.54, 1.807) is 0 Å². The largest absolute Gasteiger partial charge is 0.0988 e. The van der Waals surface area contributed by atoms with Crippen LogP contribution in [0.1, 0.15) is 34.1 Å². The summed E-state index contributed by atoms with van der Waals surface area (Å²) in [5.74, 6) is 0.